The molecular formula is C19H21ClN2O3S. The lowest BCUT2D eigenvalue weighted by Crippen LogP contribution is -2.43. The predicted octanol–water partition coefficient (Wildman–Crippen LogP) is 3.75. The summed E-state index contributed by atoms with van der Waals surface area (Å²) in [5, 5.41) is 3.36. The van der Waals surface area contributed by atoms with Crippen molar-refractivity contribution in [2.45, 2.75) is 37.6 Å². The molecule has 0 aromatic heterocycles. The number of halogens is 1. The number of hydrogen-bond donors (Lipinski definition) is 1. The molecule has 1 heterocycles. The SMILES string of the molecule is Cc1ccc(C)c(NC(=O)[C@@H]2CCCN2S(=O)(=O)c2ccc(Cl)cc2)c1. The largest absolute Gasteiger partial charge is 0.324 e. The monoisotopic (exact) mass is 392 g/mol. The molecule has 0 bridgehead atoms. The molecule has 0 spiro atoms. The molecule has 0 unspecified atom stereocenters. The summed E-state index contributed by atoms with van der Waals surface area (Å²) in [7, 11) is -3.75. The minimum atomic E-state index is -3.75. The Morgan fingerprint density at radius 3 is 2.54 bits per heavy atom. The van der Waals surface area contributed by atoms with Gasteiger partial charge in [0, 0.05) is 17.3 Å². The van der Waals surface area contributed by atoms with Crippen LogP contribution in [-0.4, -0.2) is 31.2 Å². The molecule has 2 aromatic rings. The Balaban J connectivity index is 1.84. The van der Waals surface area contributed by atoms with Gasteiger partial charge in [-0.15, -0.1) is 0 Å². The number of anilines is 1. The van der Waals surface area contributed by atoms with Crippen LogP contribution in [0.5, 0.6) is 0 Å². The van der Waals surface area contributed by atoms with Crippen molar-refractivity contribution in [3.63, 3.8) is 0 Å². The molecule has 0 saturated carbocycles. The van der Waals surface area contributed by atoms with Gasteiger partial charge in [0.25, 0.3) is 0 Å². The standard InChI is InChI=1S/C19H21ClN2O3S/c1-13-5-6-14(2)17(12-13)21-19(23)18-4-3-11-22(18)26(24,25)16-9-7-15(20)8-10-16/h5-10,12,18H,3-4,11H2,1-2H3,(H,21,23)/t18-/m0/s1. The maximum absolute atomic E-state index is 12.9. The second kappa shape index (κ2) is 7.39. The van der Waals surface area contributed by atoms with E-state index in [0.717, 1.165) is 11.1 Å². The lowest BCUT2D eigenvalue weighted by Gasteiger charge is -2.24. The third-order valence-electron chi connectivity index (χ3n) is 4.58. The van der Waals surface area contributed by atoms with Crippen molar-refractivity contribution in [1.29, 1.82) is 0 Å². The van der Waals surface area contributed by atoms with E-state index in [4.69, 9.17) is 11.6 Å². The summed E-state index contributed by atoms with van der Waals surface area (Å²) in [6.45, 7) is 4.18. The molecule has 7 heteroatoms. The number of nitrogens with one attached hydrogen (secondary N) is 1. The van der Waals surface area contributed by atoms with Gasteiger partial charge in [-0.05, 0) is 68.1 Å². The second-order valence-corrected chi connectivity index (χ2v) is 8.86. The van der Waals surface area contributed by atoms with Gasteiger partial charge in [0.2, 0.25) is 15.9 Å². The van der Waals surface area contributed by atoms with Crippen molar-refractivity contribution in [3.8, 4) is 0 Å². The first-order valence-electron chi connectivity index (χ1n) is 8.44. The maximum Gasteiger partial charge on any atom is 0.243 e. The van der Waals surface area contributed by atoms with E-state index in [1.54, 1.807) is 0 Å². The quantitative estimate of drug-likeness (QED) is 0.861. The van der Waals surface area contributed by atoms with E-state index in [2.05, 4.69) is 5.32 Å². The average Bonchev–Trinajstić information content (AvgIpc) is 3.09. The number of carbonyl (C=O) groups excluding carboxylic acids is 1. The average molecular weight is 393 g/mol. The zero-order chi connectivity index (χ0) is 18.9. The van der Waals surface area contributed by atoms with Gasteiger partial charge in [-0.25, -0.2) is 8.42 Å². The van der Waals surface area contributed by atoms with E-state index in [1.165, 1.54) is 28.6 Å². The van der Waals surface area contributed by atoms with E-state index in [9.17, 15) is 13.2 Å². The Labute approximate surface area is 159 Å². The molecular weight excluding hydrogens is 372 g/mol. The molecule has 0 aliphatic carbocycles. The summed E-state index contributed by atoms with van der Waals surface area (Å²) in [6, 6.07) is 11.1. The Morgan fingerprint density at radius 2 is 1.85 bits per heavy atom. The van der Waals surface area contributed by atoms with E-state index >= 15 is 0 Å². The number of rotatable bonds is 4. The van der Waals surface area contributed by atoms with E-state index in [-0.39, 0.29) is 10.8 Å². The second-order valence-electron chi connectivity index (χ2n) is 6.54. The minimum Gasteiger partial charge on any atom is -0.324 e. The minimum absolute atomic E-state index is 0.147. The first-order chi connectivity index (χ1) is 12.3. The number of hydrogen-bond acceptors (Lipinski definition) is 3. The van der Waals surface area contributed by atoms with Crippen molar-refractivity contribution in [1.82, 2.24) is 4.31 Å². The van der Waals surface area contributed by atoms with Crippen molar-refractivity contribution >= 4 is 33.2 Å². The summed E-state index contributed by atoms with van der Waals surface area (Å²) in [4.78, 5) is 12.9. The van der Waals surface area contributed by atoms with Gasteiger partial charge in [0.15, 0.2) is 0 Å². The summed E-state index contributed by atoms with van der Waals surface area (Å²) in [5.74, 6) is -0.297. The van der Waals surface area contributed by atoms with Gasteiger partial charge >= 0.3 is 0 Å². The summed E-state index contributed by atoms with van der Waals surface area (Å²) in [5.41, 5.74) is 2.68. The summed E-state index contributed by atoms with van der Waals surface area (Å²) in [6.07, 6.45) is 1.15. The van der Waals surface area contributed by atoms with Gasteiger partial charge < -0.3 is 5.32 Å². The van der Waals surface area contributed by atoms with Crippen LogP contribution in [0.3, 0.4) is 0 Å². The molecule has 1 aliphatic rings. The molecule has 138 valence electrons. The van der Waals surface area contributed by atoms with Gasteiger partial charge in [0.1, 0.15) is 6.04 Å². The number of amides is 1. The van der Waals surface area contributed by atoms with Crippen molar-refractivity contribution < 1.29 is 13.2 Å². The first-order valence-corrected chi connectivity index (χ1v) is 10.3. The van der Waals surface area contributed by atoms with Gasteiger partial charge in [0.05, 0.1) is 4.90 Å². The van der Waals surface area contributed by atoms with E-state index in [1.807, 2.05) is 32.0 Å². The molecule has 1 fully saturated rings. The molecule has 1 N–H and O–H groups in total. The molecule has 1 amide bonds. The van der Waals surface area contributed by atoms with Crippen molar-refractivity contribution in [3.05, 3.63) is 58.6 Å². The van der Waals surface area contributed by atoms with Crippen LogP contribution in [0, 0.1) is 13.8 Å². The molecule has 5 nitrogen and oxygen atoms in total. The molecule has 2 aromatic carbocycles. The number of benzene rings is 2. The smallest absolute Gasteiger partial charge is 0.243 e. The molecule has 1 aliphatic heterocycles. The highest BCUT2D eigenvalue weighted by molar-refractivity contribution is 7.89. The van der Waals surface area contributed by atoms with Crippen LogP contribution in [0.15, 0.2) is 47.4 Å². The molecule has 0 radical (unpaired) electrons. The Hall–Kier alpha value is -1.89. The van der Waals surface area contributed by atoms with Crippen LogP contribution in [0.1, 0.15) is 24.0 Å². The third-order valence-corrected chi connectivity index (χ3v) is 6.75. The van der Waals surface area contributed by atoms with Crippen LogP contribution in [0.4, 0.5) is 5.69 Å². The lowest BCUT2D eigenvalue weighted by molar-refractivity contribution is -0.119. The number of aryl methyl sites for hydroxylation is 2. The van der Waals surface area contributed by atoms with Crippen LogP contribution in [0.25, 0.3) is 0 Å². The van der Waals surface area contributed by atoms with Crippen LogP contribution in [0.2, 0.25) is 5.02 Å². The van der Waals surface area contributed by atoms with E-state index < -0.39 is 16.1 Å². The van der Waals surface area contributed by atoms with Crippen LogP contribution in [-0.2, 0) is 14.8 Å². The highest BCUT2D eigenvalue weighted by Crippen LogP contribution is 2.28. The topological polar surface area (TPSA) is 66.5 Å². The number of carbonyl (C=O) groups is 1. The number of nitrogens with zero attached hydrogens (tertiary/aromatic N) is 1. The predicted molar refractivity (Wildman–Crippen MR) is 103 cm³/mol. The molecule has 26 heavy (non-hydrogen) atoms. The highest BCUT2D eigenvalue weighted by atomic mass is 35.5. The summed E-state index contributed by atoms with van der Waals surface area (Å²) >= 11 is 5.85. The first kappa shape index (κ1) is 18.9. The normalized spacial score (nSPS) is 18.0. The van der Waals surface area contributed by atoms with E-state index in [0.29, 0.717) is 30.1 Å². The van der Waals surface area contributed by atoms with Gasteiger partial charge in [-0.2, -0.15) is 4.31 Å². The summed E-state index contributed by atoms with van der Waals surface area (Å²) < 4.78 is 27.2. The Bertz CT molecular complexity index is 926. The van der Waals surface area contributed by atoms with Crippen LogP contribution >= 0.6 is 11.6 Å². The zero-order valence-electron chi connectivity index (χ0n) is 14.7. The van der Waals surface area contributed by atoms with Crippen molar-refractivity contribution in [2.24, 2.45) is 0 Å². The fraction of sp³-hybridized carbons (Fsp3) is 0.316. The maximum atomic E-state index is 12.9. The molecule has 3 rings (SSSR count). The fourth-order valence-corrected chi connectivity index (χ4v) is 4.90. The third kappa shape index (κ3) is 3.77. The van der Waals surface area contributed by atoms with Crippen LogP contribution < -0.4 is 5.32 Å². The van der Waals surface area contributed by atoms with Gasteiger partial charge in [-0.1, -0.05) is 23.7 Å². The van der Waals surface area contributed by atoms with Crippen molar-refractivity contribution in [2.75, 3.05) is 11.9 Å². The number of sulfonamides is 1. The highest BCUT2D eigenvalue weighted by Gasteiger charge is 2.39. The lowest BCUT2D eigenvalue weighted by atomic mass is 10.1. The van der Waals surface area contributed by atoms with Gasteiger partial charge in [-0.3, -0.25) is 4.79 Å². The zero-order valence-corrected chi connectivity index (χ0v) is 16.3. The molecule has 1 saturated heterocycles. The Kier molecular flexibility index (Phi) is 5.37. The Morgan fingerprint density at radius 1 is 1.15 bits per heavy atom. The fourth-order valence-electron chi connectivity index (χ4n) is 3.12. The molecule has 1 atom stereocenters.